The minimum absolute atomic E-state index is 0.0652. The van der Waals surface area contributed by atoms with Crippen molar-refractivity contribution in [1.82, 2.24) is 14.5 Å². The molecule has 5 nitrogen and oxygen atoms in total. The molecule has 116 valence electrons. The SMILES string of the molecule is COc1ccc(-c2ccc(=O)n(Cc3cnc(C)cn3)c2)cc1. The molecule has 0 radical (unpaired) electrons. The fourth-order valence-corrected chi connectivity index (χ4v) is 2.28. The molecule has 0 aliphatic rings. The van der Waals surface area contributed by atoms with Gasteiger partial charge in [-0.25, -0.2) is 0 Å². The molecule has 0 atom stereocenters. The van der Waals surface area contributed by atoms with Gasteiger partial charge in [0.05, 0.1) is 31.2 Å². The van der Waals surface area contributed by atoms with Crippen molar-refractivity contribution in [2.24, 2.45) is 0 Å². The van der Waals surface area contributed by atoms with Crippen molar-refractivity contribution >= 4 is 0 Å². The molecule has 1 aromatic carbocycles. The Kier molecular flexibility index (Phi) is 4.19. The molecule has 0 saturated heterocycles. The van der Waals surface area contributed by atoms with Crippen LogP contribution in [0.15, 0.2) is 59.8 Å². The van der Waals surface area contributed by atoms with Crippen molar-refractivity contribution in [3.8, 4) is 16.9 Å². The third kappa shape index (κ3) is 3.45. The second-order valence-electron chi connectivity index (χ2n) is 5.26. The van der Waals surface area contributed by atoms with Crippen molar-refractivity contribution in [1.29, 1.82) is 0 Å². The Morgan fingerprint density at radius 2 is 1.74 bits per heavy atom. The summed E-state index contributed by atoms with van der Waals surface area (Å²) >= 11 is 0. The van der Waals surface area contributed by atoms with Gasteiger partial charge in [-0.05, 0) is 36.2 Å². The van der Waals surface area contributed by atoms with Crippen molar-refractivity contribution in [3.05, 3.63) is 76.7 Å². The summed E-state index contributed by atoms with van der Waals surface area (Å²) in [6, 6.07) is 11.1. The number of aryl methyl sites for hydroxylation is 1. The molecule has 3 rings (SSSR count). The van der Waals surface area contributed by atoms with Gasteiger partial charge in [0.1, 0.15) is 5.75 Å². The van der Waals surface area contributed by atoms with Crippen molar-refractivity contribution in [3.63, 3.8) is 0 Å². The number of hydrogen-bond acceptors (Lipinski definition) is 4. The van der Waals surface area contributed by atoms with Crippen LogP contribution in [0.3, 0.4) is 0 Å². The first kappa shape index (κ1) is 15.0. The molecule has 0 amide bonds. The standard InChI is InChI=1S/C18H17N3O2/c1-13-9-20-16(10-19-13)12-21-11-15(5-8-18(21)22)14-3-6-17(23-2)7-4-14/h3-11H,12H2,1-2H3. The van der Waals surface area contributed by atoms with E-state index in [-0.39, 0.29) is 5.56 Å². The van der Waals surface area contributed by atoms with Crippen LogP contribution in [0.1, 0.15) is 11.4 Å². The minimum atomic E-state index is -0.0652. The van der Waals surface area contributed by atoms with Crippen LogP contribution >= 0.6 is 0 Å². The van der Waals surface area contributed by atoms with E-state index in [9.17, 15) is 4.79 Å². The lowest BCUT2D eigenvalue weighted by Gasteiger charge is -2.09. The van der Waals surface area contributed by atoms with Gasteiger partial charge in [0, 0.05) is 18.5 Å². The molecule has 0 bridgehead atoms. The van der Waals surface area contributed by atoms with Crippen LogP contribution in [0, 0.1) is 6.92 Å². The Morgan fingerprint density at radius 3 is 2.39 bits per heavy atom. The first-order valence-corrected chi connectivity index (χ1v) is 7.28. The van der Waals surface area contributed by atoms with Crippen LogP contribution in [0.2, 0.25) is 0 Å². The van der Waals surface area contributed by atoms with E-state index in [4.69, 9.17) is 4.74 Å². The number of rotatable bonds is 4. The summed E-state index contributed by atoms with van der Waals surface area (Å²) in [4.78, 5) is 20.6. The third-order valence-corrected chi connectivity index (χ3v) is 3.57. The van der Waals surface area contributed by atoms with Gasteiger partial charge in [0.2, 0.25) is 0 Å². The van der Waals surface area contributed by atoms with Crippen LogP contribution in [-0.2, 0) is 6.54 Å². The normalized spacial score (nSPS) is 10.5. The van der Waals surface area contributed by atoms with Crippen molar-refractivity contribution in [2.45, 2.75) is 13.5 Å². The lowest BCUT2D eigenvalue weighted by atomic mass is 10.1. The topological polar surface area (TPSA) is 57.0 Å². The monoisotopic (exact) mass is 307 g/mol. The average Bonchev–Trinajstić information content (AvgIpc) is 2.59. The van der Waals surface area contributed by atoms with Crippen LogP contribution < -0.4 is 10.3 Å². The molecular formula is C18H17N3O2. The number of ether oxygens (including phenoxy) is 1. The fraction of sp³-hybridized carbons (Fsp3) is 0.167. The van der Waals surface area contributed by atoms with E-state index in [1.807, 2.05) is 43.5 Å². The van der Waals surface area contributed by atoms with Gasteiger partial charge < -0.3 is 9.30 Å². The van der Waals surface area contributed by atoms with Gasteiger partial charge in [0.15, 0.2) is 0 Å². The van der Waals surface area contributed by atoms with E-state index >= 15 is 0 Å². The van der Waals surface area contributed by atoms with Crippen LogP contribution in [0.25, 0.3) is 11.1 Å². The van der Waals surface area contributed by atoms with E-state index in [0.29, 0.717) is 6.54 Å². The summed E-state index contributed by atoms with van der Waals surface area (Å²) in [5.74, 6) is 0.803. The molecule has 5 heteroatoms. The lowest BCUT2D eigenvalue weighted by molar-refractivity contribution is 0.415. The van der Waals surface area contributed by atoms with E-state index in [1.54, 1.807) is 30.1 Å². The number of benzene rings is 1. The zero-order valence-electron chi connectivity index (χ0n) is 13.1. The molecule has 0 aliphatic carbocycles. The first-order valence-electron chi connectivity index (χ1n) is 7.28. The Bertz CT molecular complexity index is 853. The Labute approximate surface area is 134 Å². The highest BCUT2D eigenvalue weighted by Gasteiger charge is 2.04. The summed E-state index contributed by atoms with van der Waals surface area (Å²) < 4.78 is 6.80. The van der Waals surface area contributed by atoms with Crippen LogP contribution in [0.5, 0.6) is 5.75 Å². The Hall–Kier alpha value is -2.95. The molecule has 0 aliphatic heterocycles. The second-order valence-corrected chi connectivity index (χ2v) is 5.26. The fourth-order valence-electron chi connectivity index (χ4n) is 2.28. The highest BCUT2D eigenvalue weighted by Crippen LogP contribution is 2.21. The second kappa shape index (κ2) is 6.44. The highest BCUT2D eigenvalue weighted by atomic mass is 16.5. The van der Waals surface area contributed by atoms with Gasteiger partial charge >= 0.3 is 0 Å². The Balaban J connectivity index is 1.91. The quantitative estimate of drug-likeness (QED) is 0.743. The van der Waals surface area contributed by atoms with E-state index in [2.05, 4.69) is 9.97 Å². The third-order valence-electron chi connectivity index (χ3n) is 3.57. The van der Waals surface area contributed by atoms with Crippen LogP contribution in [-0.4, -0.2) is 21.6 Å². The predicted octanol–water partition coefficient (Wildman–Crippen LogP) is 2.67. The van der Waals surface area contributed by atoms with Gasteiger partial charge in [-0.15, -0.1) is 0 Å². The average molecular weight is 307 g/mol. The number of nitrogens with zero attached hydrogens (tertiary/aromatic N) is 3. The van der Waals surface area contributed by atoms with Gasteiger partial charge in [-0.3, -0.25) is 14.8 Å². The molecular weight excluding hydrogens is 290 g/mol. The van der Waals surface area contributed by atoms with Gasteiger partial charge in [-0.1, -0.05) is 12.1 Å². The number of aromatic nitrogens is 3. The predicted molar refractivity (Wildman–Crippen MR) is 88.6 cm³/mol. The van der Waals surface area contributed by atoms with E-state index < -0.39 is 0 Å². The summed E-state index contributed by atoms with van der Waals surface area (Å²) in [7, 11) is 1.64. The molecule has 2 heterocycles. The smallest absolute Gasteiger partial charge is 0.250 e. The molecule has 0 unspecified atom stereocenters. The maximum Gasteiger partial charge on any atom is 0.250 e. The maximum atomic E-state index is 12.1. The molecule has 23 heavy (non-hydrogen) atoms. The van der Waals surface area contributed by atoms with Gasteiger partial charge in [0.25, 0.3) is 5.56 Å². The molecule has 0 saturated carbocycles. The molecule has 3 aromatic rings. The lowest BCUT2D eigenvalue weighted by Crippen LogP contribution is -2.19. The molecule has 2 aromatic heterocycles. The number of hydrogen-bond donors (Lipinski definition) is 0. The molecule has 0 N–H and O–H groups in total. The van der Waals surface area contributed by atoms with E-state index in [0.717, 1.165) is 28.3 Å². The number of pyridine rings is 1. The minimum Gasteiger partial charge on any atom is -0.497 e. The summed E-state index contributed by atoms with van der Waals surface area (Å²) in [5, 5.41) is 0. The van der Waals surface area contributed by atoms with Gasteiger partial charge in [-0.2, -0.15) is 0 Å². The zero-order chi connectivity index (χ0) is 16.2. The molecule has 0 fully saturated rings. The zero-order valence-corrected chi connectivity index (χ0v) is 13.1. The summed E-state index contributed by atoms with van der Waals surface area (Å²) in [6.45, 7) is 2.28. The maximum absolute atomic E-state index is 12.1. The van der Waals surface area contributed by atoms with E-state index in [1.165, 1.54) is 0 Å². The summed E-state index contributed by atoms with van der Waals surface area (Å²) in [6.07, 6.45) is 5.24. The van der Waals surface area contributed by atoms with Crippen molar-refractivity contribution in [2.75, 3.05) is 7.11 Å². The highest BCUT2D eigenvalue weighted by molar-refractivity contribution is 5.63. The number of methoxy groups -OCH3 is 1. The first-order chi connectivity index (χ1) is 11.2. The Morgan fingerprint density at radius 1 is 1.00 bits per heavy atom. The summed E-state index contributed by atoms with van der Waals surface area (Å²) in [5.41, 5.74) is 3.53. The van der Waals surface area contributed by atoms with Crippen molar-refractivity contribution < 1.29 is 4.74 Å². The molecule has 0 spiro atoms. The van der Waals surface area contributed by atoms with Crippen LogP contribution in [0.4, 0.5) is 0 Å². The largest absolute Gasteiger partial charge is 0.497 e.